The third-order valence-electron chi connectivity index (χ3n) is 6.05. The lowest BCUT2D eigenvalue weighted by atomic mass is 10.2. The zero-order chi connectivity index (χ0) is 25.1. The van der Waals surface area contributed by atoms with Crippen LogP contribution in [0.1, 0.15) is 0 Å². The number of ether oxygens (including phenoxy) is 1. The lowest BCUT2D eigenvalue weighted by Crippen LogP contribution is -2.44. The van der Waals surface area contributed by atoms with E-state index in [4.69, 9.17) is 16.3 Å². The predicted molar refractivity (Wildman–Crippen MR) is 138 cm³/mol. The highest BCUT2D eigenvalue weighted by Gasteiger charge is 2.25. The van der Waals surface area contributed by atoms with E-state index in [1.165, 1.54) is 11.1 Å². The van der Waals surface area contributed by atoms with Crippen molar-refractivity contribution in [3.63, 3.8) is 0 Å². The van der Waals surface area contributed by atoms with Crippen molar-refractivity contribution in [1.82, 2.24) is 19.9 Å². The number of rotatable bonds is 7. The molecule has 10 nitrogen and oxygen atoms in total. The molecule has 1 fully saturated rings. The average molecular weight is 513 g/mol. The van der Waals surface area contributed by atoms with Crippen LogP contribution in [0.25, 0.3) is 0 Å². The van der Waals surface area contributed by atoms with Crippen LogP contribution < -0.4 is 25.2 Å². The topological polar surface area (TPSA) is 98.8 Å². The summed E-state index contributed by atoms with van der Waals surface area (Å²) in [6.07, 6.45) is 3.24. The van der Waals surface area contributed by atoms with Crippen LogP contribution in [-0.2, 0) is 4.79 Å². The summed E-state index contributed by atoms with van der Waals surface area (Å²) in [5, 5.41) is 6.61. The van der Waals surface area contributed by atoms with E-state index in [9.17, 15) is 9.18 Å². The van der Waals surface area contributed by atoms with Gasteiger partial charge in [0.05, 0.1) is 30.3 Å². The molecule has 0 saturated carbocycles. The van der Waals surface area contributed by atoms with E-state index in [1.54, 1.807) is 24.4 Å². The zero-order valence-corrected chi connectivity index (χ0v) is 20.5. The second kappa shape index (κ2) is 10.5. The number of piperazine rings is 1. The van der Waals surface area contributed by atoms with Crippen LogP contribution in [0, 0.1) is 0 Å². The highest BCUT2D eigenvalue weighted by Crippen LogP contribution is 2.36. The van der Waals surface area contributed by atoms with Gasteiger partial charge in [-0.3, -0.25) is 4.79 Å². The number of hydrogen-bond donors (Lipinski definition) is 2. The second-order valence-corrected chi connectivity index (χ2v) is 8.95. The van der Waals surface area contributed by atoms with Crippen molar-refractivity contribution >= 4 is 52.2 Å². The van der Waals surface area contributed by atoms with Gasteiger partial charge >= 0.3 is 0 Å². The molecular weight excluding hydrogens is 487 g/mol. The van der Waals surface area contributed by atoms with Crippen LogP contribution in [0.2, 0.25) is 5.02 Å². The van der Waals surface area contributed by atoms with Crippen molar-refractivity contribution in [2.24, 2.45) is 0 Å². The summed E-state index contributed by atoms with van der Waals surface area (Å²) in [6, 6.07) is 9.11. The molecule has 2 aliphatic heterocycles. The van der Waals surface area contributed by atoms with Crippen molar-refractivity contribution in [1.29, 1.82) is 0 Å². The molecule has 0 spiro atoms. The second-order valence-electron chi connectivity index (χ2n) is 8.54. The van der Waals surface area contributed by atoms with Gasteiger partial charge in [0.1, 0.15) is 23.3 Å². The summed E-state index contributed by atoms with van der Waals surface area (Å²) >= 11 is 6.34. The van der Waals surface area contributed by atoms with Gasteiger partial charge in [-0.05, 0) is 37.4 Å². The Hall–Kier alpha value is -3.70. The Morgan fingerprint density at radius 1 is 1.06 bits per heavy atom. The number of nitrogens with one attached hydrogen (secondary N) is 2. The zero-order valence-electron chi connectivity index (χ0n) is 19.7. The largest absolute Gasteiger partial charge is 0.482 e. The molecule has 0 atom stereocenters. The minimum Gasteiger partial charge on any atom is -0.482 e. The van der Waals surface area contributed by atoms with Crippen molar-refractivity contribution in [3.8, 4) is 5.75 Å². The Morgan fingerprint density at radius 3 is 2.61 bits per heavy atom. The summed E-state index contributed by atoms with van der Waals surface area (Å²) in [4.78, 5) is 31.4. The molecule has 0 radical (unpaired) electrons. The number of fused-ring (bicyclic) bond motifs is 1. The van der Waals surface area contributed by atoms with E-state index in [0.29, 0.717) is 33.9 Å². The fourth-order valence-electron chi connectivity index (χ4n) is 4.07. The van der Waals surface area contributed by atoms with Gasteiger partial charge in [-0.1, -0.05) is 11.6 Å². The summed E-state index contributed by atoms with van der Waals surface area (Å²) in [5.41, 5.74) is 1.84. The quantitative estimate of drug-likeness (QED) is 0.493. The molecule has 2 aliphatic rings. The van der Waals surface area contributed by atoms with Crippen LogP contribution in [0.4, 0.5) is 39.0 Å². The number of alkyl halides is 1. The first kappa shape index (κ1) is 24.0. The van der Waals surface area contributed by atoms with E-state index >= 15 is 0 Å². The van der Waals surface area contributed by atoms with Gasteiger partial charge in [-0.15, -0.1) is 0 Å². The van der Waals surface area contributed by atoms with Crippen LogP contribution in [0.5, 0.6) is 5.75 Å². The fourth-order valence-corrected chi connectivity index (χ4v) is 4.21. The molecule has 1 amide bonds. The Labute approximate surface area is 213 Å². The molecule has 12 heteroatoms. The van der Waals surface area contributed by atoms with Crippen LogP contribution in [0.3, 0.4) is 0 Å². The third kappa shape index (κ3) is 5.26. The Balaban J connectivity index is 1.30. The maximum Gasteiger partial charge on any atom is 0.265 e. The molecule has 3 aromatic rings. The van der Waals surface area contributed by atoms with Gasteiger partial charge in [0.15, 0.2) is 12.4 Å². The molecule has 2 aromatic heterocycles. The van der Waals surface area contributed by atoms with Crippen LogP contribution >= 0.6 is 11.6 Å². The fraction of sp³-hybridized carbons (Fsp3) is 0.333. The number of aromatic nitrogens is 3. The van der Waals surface area contributed by atoms with E-state index in [-0.39, 0.29) is 19.1 Å². The van der Waals surface area contributed by atoms with Gasteiger partial charge in [0.2, 0.25) is 5.95 Å². The molecule has 188 valence electrons. The first-order valence-corrected chi connectivity index (χ1v) is 12.0. The predicted octanol–water partition coefficient (Wildman–Crippen LogP) is 3.46. The highest BCUT2D eigenvalue weighted by molar-refractivity contribution is 6.32. The summed E-state index contributed by atoms with van der Waals surface area (Å²) in [6.45, 7) is 3.11. The number of carbonyl (C=O) groups excluding carboxylic acids is 1. The van der Waals surface area contributed by atoms with Crippen molar-refractivity contribution in [2.75, 3.05) is 73.5 Å². The molecule has 1 aromatic carbocycles. The first-order chi connectivity index (χ1) is 17.5. The SMILES string of the molecule is CN1CCN(c2ccc(Nc3ncc(Cl)c(Nc4ccc5c(c4)N(CCF)C(=O)CO5)n3)cn2)CC1. The number of anilines is 6. The summed E-state index contributed by atoms with van der Waals surface area (Å²) in [7, 11) is 2.12. The Morgan fingerprint density at radius 2 is 1.86 bits per heavy atom. The van der Waals surface area contributed by atoms with E-state index in [0.717, 1.165) is 37.7 Å². The number of nitrogens with zero attached hydrogens (tertiary/aromatic N) is 6. The minimum absolute atomic E-state index is 0.0391. The van der Waals surface area contributed by atoms with Crippen molar-refractivity contribution < 1.29 is 13.9 Å². The number of likely N-dealkylation sites (N-methyl/N-ethyl adjacent to an activating group) is 1. The molecular formula is C24H26ClFN8O2. The van der Waals surface area contributed by atoms with Gasteiger partial charge in [-0.2, -0.15) is 4.98 Å². The smallest absolute Gasteiger partial charge is 0.265 e. The van der Waals surface area contributed by atoms with E-state index < -0.39 is 6.67 Å². The number of pyridine rings is 1. The Kier molecular flexibility index (Phi) is 7.01. The maximum atomic E-state index is 13.0. The summed E-state index contributed by atoms with van der Waals surface area (Å²) in [5.74, 6) is 1.86. The number of carbonyl (C=O) groups is 1. The first-order valence-electron chi connectivity index (χ1n) is 11.6. The molecule has 2 N–H and O–H groups in total. The van der Waals surface area contributed by atoms with Gasteiger partial charge in [0.25, 0.3) is 5.91 Å². The van der Waals surface area contributed by atoms with E-state index in [1.807, 2.05) is 12.1 Å². The van der Waals surface area contributed by atoms with Crippen LogP contribution in [-0.4, -0.2) is 78.8 Å². The van der Waals surface area contributed by atoms with Crippen molar-refractivity contribution in [3.05, 3.63) is 47.7 Å². The van der Waals surface area contributed by atoms with E-state index in [2.05, 4.69) is 42.4 Å². The average Bonchev–Trinajstić information content (AvgIpc) is 2.89. The number of halogens is 2. The molecule has 0 bridgehead atoms. The molecule has 0 unspecified atom stereocenters. The van der Waals surface area contributed by atoms with Crippen LogP contribution in [0.15, 0.2) is 42.7 Å². The third-order valence-corrected chi connectivity index (χ3v) is 6.32. The van der Waals surface area contributed by atoms with Gasteiger partial charge < -0.3 is 30.1 Å². The lowest BCUT2D eigenvalue weighted by Gasteiger charge is -2.33. The molecule has 0 aliphatic carbocycles. The molecule has 1 saturated heterocycles. The molecule has 5 rings (SSSR count). The highest BCUT2D eigenvalue weighted by atomic mass is 35.5. The van der Waals surface area contributed by atoms with Gasteiger partial charge in [-0.25, -0.2) is 14.4 Å². The monoisotopic (exact) mass is 512 g/mol. The number of benzene rings is 1. The summed E-state index contributed by atoms with van der Waals surface area (Å²) < 4.78 is 18.5. The maximum absolute atomic E-state index is 13.0. The van der Waals surface area contributed by atoms with Gasteiger partial charge in [0, 0.05) is 31.9 Å². The lowest BCUT2D eigenvalue weighted by molar-refractivity contribution is -0.121. The molecule has 4 heterocycles. The van der Waals surface area contributed by atoms with Crippen molar-refractivity contribution in [2.45, 2.75) is 0 Å². The number of amides is 1. The Bertz CT molecular complexity index is 1240. The minimum atomic E-state index is -0.652. The standard InChI is InChI=1S/C24H26ClFN8O2/c1-32-8-10-33(11-9-32)21-5-3-17(13-27-21)30-24-28-14-18(25)23(31-24)29-16-2-4-20-19(12-16)34(7-6-26)22(35)15-36-20/h2-5,12-14H,6-11,15H2,1H3,(H2,28,29,30,31). The normalized spacial score (nSPS) is 15.9. The number of hydrogen-bond acceptors (Lipinski definition) is 9. The molecule has 36 heavy (non-hydrogen) atoms.